The Morgan fingerprint density at radius 2 is 2.00 bits per heavy atom. The Morgan fingerprint density at radius 3 is 2.54 bits per heavy atom. The molecule has 5 heteroatoms. The number of benzene rings is 1. The zero-order chi connectivity index (χ0) is 10.0. The van der Waals surface area contributed by atoms with E-state index in [1.807, 2.05) is 0 Å². The Balaban J connectivity index is 3.01. The maximum absolute atomic E-state index is 12.9. The molecule has 0 saturated carbocycles. The molecule has 0 saturated heterocycles. The van der Waals surface area contributed by atoms with Gasteiger partial charge in [-0.25, -0.2) is 4.39 Å². The number of alkyl halides is 2. The van der Waals surface area contributed by atoms with Gasteiger partial charge in [-0.2, -0.15) is 8.78 Å². The lowest BCUT2D eigenvalue weighted by molar-refractivity contribution is -0.0521. The van der Waals surface area contributed by atoms with Crippen LogP contribution in [0, 0.1) is 12.7 Å². The van der Waals surface area contributed by atoms with Gasteiger partial charge in [0.05, 0.1) is 0 Å². The molecule has 13 heavy (non-hydrogen) atoms. The van der Waals surface area contributed by atoms with Crippen molar-refractivity contribution in [2.45, 2.75) is 13.5 Å². The van der Waals surface area contributed by atoms with Gasteiger partial charge in [0.15, 0.2) is 11.6 Å². The van der Waals surface area contributed by atoms with Crippen LogP contribution in [0.5, 0.6) is 5.75 Å². The van der Waals surface area contributed by atoms with Crippen LogP contribution >= 0.6 is 0 Å². The summed E-state index contributed by atoms with van der Waals surface area (Å²) in [6, 6.07) is 2.09. The second-order valence-electron chi connectivity index (χ2n) is 2.52. The van der Waals surface area contributed by atoms with Gasteiger partial charge in [-0.1, -0.05) is 0 Å². The van der Waals surface area contributed by atoms with Gasteiger partial charge in [0.1, 0.15) is 0 Å². The summed E-state index contributed by atoms with van der Waals surface area (Å²) in [6.07, 6.45) is 0. The van der Waals surface area contributed by atoms with Gasteiger partial charge >= 0.3 is 6.61 Å². The van der Waals surface area contributed by atoms with E-state index in [0.29, 0.717) is 5.56 Å². The molecule has 0 aliphatic rings. The van der Waals surface area contributed by atoms with Crippen LogP contribution in [0.15, 0.2) is 12.1 Å². The van der Waals surface area contributed by atoms with Crippen molar-refractivity contribution in [3.63, 3.8) is 0 Å². The first-order valence-electron chi connectivity index (χ1n) is 3.51. The van der Waals surface area contributed by atoms with Crippen LogP contribution in [0.25, 0.3) is 0 Å². The van der Waals surface area contributed by atoms with E-state index in [9.17, 15) is 13.2 Å². The van der Waals surface area contributed by atoms with Crippen molar-refractivity contribution >= 4 is 5.69 Å². The number of hydrogen-bond acceptors (Lipinski definition) is 2. The molecule has 1 aromatic rings. The smallest absolute Gasteiger partial charge is 0.387 e. The molecule has 0 bridgehead atoms. The predicted molar refractivity (Wildman–Crippen MR) is 42.2 cm³/mol. The summed E-state index contributed by atoms with van der Waals surface area (Å²) in [7, 11) is 0. The first-order valence-corrected chi connectivity index (χ1v) is 3.51. The highest BCUT2D eigenvalue weighted by Gasteiger charge is 2.11. The van der Waals surface area contributed by atoms with Crippen molar-refractivity contribution in [3.05, 3.63) is 23.5 Å². The van der Waals surface area contributed by atoms with E-state index in [4.69, 9.17) is 5.73 Å². The second kappa shape index (κ2) is 3.55. The second-order valence-corrected chi connectivity index (χ2v) is 2.52. The summed E-state index contributed by atoms with van der Waals surface area (Å²) in [6.45, 7) is -1.47. The van der Waals surface area contributed by atoms with E-state index in [0.717, 1.165) is 12.1 Å². The quantitative estimate of drug-likeness (QED) is 0.728. The molecule has 0 atom stereocenters. The van der Waals surface area contributed by atoms with Crippen LogP contribution in [0.3, 0.4) is 0 Å². The molecule has 0 amide bonds. The Bertz CT molecular complexity index is 315. The van der Waals surface area contributed by atoms with Gasteiger partial charge in [0.25, 0.3) is 0 Å². The molecule has 0 aliphatic carbocycles. The minimum atomic E-state index is -3.04. The van der Waals surface area contributed by atoms with Crippen LogP contribution < -0.4 is 10.5 Å². The first kappa shape index (κ1) is 9.70. The Morgan fingerprint density at radius 1 is 1.38 bits per heavy atom. The molecular weight excluding hydrogens is 183 g/mol. The third-order valence-electron chi connectivity index (χ3n) is 1.54. The van der Waals surface area contributed by atoms with Crippen molar-refractivity contribution < 1.29 is 17.9 Å². The summed E-state index contributed by atoms with van der Waals surface area (Å²) >= 11 is 0. The van der Waals surface area contributed by atoms with Gasteiger partial charge in [-0.15, -0.1) is 0 Å². The summed E-state index contributed by atoms with van der Waals surface area (Å²) in [5.74, 6) is -1.37. The zero-order valence-corrected chi connectivity index (χ0v) is 6.85. The molecule has 1 rings (SSSR count). The minimum Gasteiger partial charge on any atom is -0.432 e. The third kappa shape index (κ3) is 2.27. The normalized spacial score (nSPS) is 10.5. The van der Waals surface area contributed by atoms with E-state index in [-0.39, 0.29) is 5.69 Å². The highest BCUT2D eigenvalue weighted by atomic mass is 19.3. The van der Waals surface area contributed by atoms with E-state index in [1.165, 1.54) is 0 Å². The fraction of sp³-hybridized carbons (Fsp3) is 0.250. The SMILES string of the molecule is Cc1cc(F)c(OC(F)F)cc1N. The molecule has 0 heterocycles. The number of nitrogens with two attached hydrogens (primary N) is 1. The number of ether oxygens (including phenoxy) is 1. The number of hydrogen-bond donors (Lipinski definition) is 1. The van der Waals surface area contributed by atoms with Crippen LogP contribution in [0.2, 0.25) is 0 Å². The van der Waals surface area contributed by atoms with Crippen molar-refractivity contribution in [1.29, 1.82) is 0 Å². The minimum absolute atomic E-state index is 0.219. The largest absolute Gasteiger partial charge is 0.432 e. The summed E-state index contributed by atoms with van der Waals surface area (Å²) < 4.78 is 40.2. The number of rotatable bonds is 2. The third-order valence-corrected chi connectivity index (χ3v) is 1.54. The van der Waals surface area contributed by atoms with Crippen LogP contribution in [-0.2, 0) is 0 Å². The standard InChI is InChI=1S/C8H8F3NO/c1-4-2-5(9)7(3-6(4)12)13-8(10)11/h2-3,8H,12H2,1H3. The summed E-state index contributed by atoms with van der Waals surface area (Å²) in [5, 5.41) is 0. The van der Waals surface area contributed by atoms with Crippen molar-refractivity contribution in [3.8, 4) is 5.75 Å². The van der Waals surface area contributed by atoms with E-state index in [1.54, 1.807) is 6.92 Å². The lowest BCUT2D eigenvalue weighted by atomic mass is 10.2. The molecule has 0 fully saturated rings. The molecule has 1 aromatic carbocycles. The van der Waals surface area contributed by atoms with E-state index >= 15 is 0 Å². The fourth-order valence-corrected chi connectivity index (χ4v) is 0.855. The molecule has 0 aliphatic heterocycles. The first-order chi connectivity index (χ1) is 6.00. The number of anilines is 1. The summed E-state index contributed by atoms with van der Waals surface area (Å²) in [5.41, 5.74) is 6.08. The molecule has 2 N–H and O–H groups in total. The number of nitrogen functional groups attached to an aromatic ring is 1. The summed E-state index contributed by atoms with van der Waals surface area (Å²) in [4.78, 5) is 0. The molecule has 0 spiro atoms. The van der Waals surface area contributed by atoms with Gasteiger partial charge < -0.3 is 10.5 Å². The number of aryl methyl sites for hydroxylation is 1. The van der Waals surface area contributed by atoms with Crippen molar-refractivity contribution in [2.75, 3.05) is 5.73 Å². The Labute approximate surface area is 73.1 Å². The topological polar surface area (TPSA) is 35.2 Å². The zero-order valence-electron chi connectivity index (χ0n) is 6.85. The molecule has 72 valence electrons. The highest BCUT2D eigenvalue weighted by Crippen LogP contribution is 2.24. The van der Waals surface area contributed by atoms with Gasteiger partial charge in [-0.05, 0) is 18.6 Å². The predicted octanol–water partition coefficient (Wildman–Crippen LogP) is 2.32. The monoisotopic (exact) mass is 191 g/mol. The molecular formula is C8H8F3NO. The van der Waals surface area contributed by atoms with E-state index in [2.05, 4.69) is 4.74 Å². The Kier molecular flexibility index (Phi) is 2.65. The maximum atomic E-state index is 12.9. The maximum Gasteiger partial charge on any atom is 0.387 e. The fourth-order valence-electron chi connectivity index (χ4n) is 0.855. The van der Waals surface area contributed by atoms with E-state index < -0.39 is 18.2 Å². The molecule has 0 unspecified atom stereocenters. The van der Waals surface area contributed by atoms with Crippen molar-refractivity contribution in [2.24, 2.45) is 0 Å². The van der Waals surface area contributed by atoms with Crippen molar-refractivity contribution in [1.82, 2.24) is 0 Å². The average Bonchev–Trinajstić information content (AvgIpc) is 1.99. The highest BCUT2D eigenvalue weighted by molar-refractivity contribution is 5.51. The molecule has 0 aromatic heterocycles. The van der Waals surface area contributed by atoms with Gasteiger partial charge in [0, 0.05) is 11.8 Å². The average molecular weight is 191 g/mol. The lowest BCUT2D eigenvalue weighted by Gasteiger charge is -2.07. The molecule has 2 nitrogen and oxygen atoms in total. The van der Waals surface area contributed by atoms with Gasteiger partial charge in [-0.3, -0.25) is 0 Å². The van der Waals surface area contributed by atoms with Gasteiger partial charge in [0.2, 0.25) is 0 Å². The lowest BCUT2D eigenvalue weighted by Crippen LogP contribution is -2.04. The number of halogens is 3. The van der Waals surface area contributed by atoms with Crippen LogP contribution in [0.1, 0.15) is 5.56 Å². The Hall–Kier alpha value is -1.39. The van der Waals surface area contributed by atoms with Crippen LogP contribution in [-0.4, -0.2) is 6.61 Å². The molecule has 0 radical (unpaired) electrons. The van der Waals surface area contributed by atoms with Crippen LogP contribution in [0.4, 0.5) is 18.9 Å².